The molecule has 2 aromatic heterocycles. The van der Waals surface area contributed by atoms with Crippen LogP contribution < -0.4 is 5.32 Å². The van der Waals surface area contributed by atoms with Gasteiger partial charge in [-0.2, -0.15) is 0 Å². The van der Waals surface area contributed by atoms with Crippen LogP contribution in [0.25, 0.3) is 0 Å². The van der Waals surface area contributed by atoms with E-state index in [2.05, 4.69) is 17.4 Å². The molecule has 1 aliphatic carbocycles. The monoisotopic (exact) mass is 362 g/mol. The number of carbonyl (C=O) groups is 2. The molecule has 2 aromatic rings. The second-order valence-corrected chi connectivity index (χ2v) is 7.67. The zero-order valence-electron chi connectivity index (χ0n) is 14.9. The Balaban J connectivity index is 1.89. The molecule has 6 nitrogen and oxygen atoms in total. The first kappa shape index (κ1) is 17.7. The van der Waals surface area contributed by atoms with E-state index in [1.54, 1.807) is 6.92 Å². The third-order valence-electron chi connectivity index (χ3n) is 4.59. The minimum atomic E-state index is -0.421. The SMILES string of the molecule is CCOC(=O)c1c(NC(=O)c2noc3c2C[C@H](C)CC3)sc(C)c1C. The summed E-state index contributed by atoms with van der Waals surface area (Å²) in [5.74, 6) is 0.536. The van der Waals surface area contributed by atoms with Crippen LogP contribution in [0.5, 0.6) is 0 Å². The third-order valence-corrected chi connectivity index (χ3v) is 5.72. The third kappa shape index (κ3) is 3.33. The topological polar surface area (TPSA) is 81.4 Å². The van der Waals surface area contributed by atoms with Crippen LogP contribution in [0.3, 0.4) is 0 Å². The van der Waals surface area contributed by atoms with Crippen molar-refractivity contribution < 1.29 is 18.8 Å². The van der Waals surface area contributed by atoms with Gasteiger partial charge in [0.25, 0.3) is 5.91 Å². The van der Waals surface area contributed by atoms with Gasteiger partial charge in [0.1, 0.15) is 10.8 Å². The number of fused-ring (bicyclic) bond motifs is 1. The van der Waals surface area contributed by atoms with E-state index in [1.807, 2.05) is 13.8 Å². The lowest BCUT2D eigenvalue weighted by Gasteiger charge is -2.16. The van der Waals surface area contributed by atoms with E-state index < -0.39 is 5.97 Å². The fraction of sp³-hybridized carbons (Fsp3) is 0.500. The maximum absolute atomic E-state index is 12.7. The number of hydrogen-bond donors (Lipinski definition) is 1. The summed E-state index contributed by atoms with van der Waals surface area (Å²) in [6.07, 6.45) is 2.64. The molecule has 0 saturated heterocycles. The average Bonchev–Trinajstić information content (AvgIpc) is 3.09. The summed E-state index contributed by atoms with van der Waals surface area (Å²) in [5.41, 5.74) is 2.46. The van der Waals surface area contributed by atoms with E-state index in [0.29, 0.717) is 22.2 Å². The first-order chi connectivity index (χ1) is 11.9. The van der Waals surface area contributed by atoms with Gasteiger partial charge in [-0.25, -0.2) is 4.79 Å². The average molecular weight is 362 g/mol. The number of hydrogen-bond acceptors (Lipinski definition) is 6. The molecule has 1 atom stereocenters. The molecular formula is C18H22N2O4S. The summed E-state index contributed by atoms with van der Waals surface area (Å²) < 4.78 is 10.5. The fourth-order valence-corrected chi connectivity index (χ4v) is 4.13. The van der Waals surface area contributed by atoms with Gasteiger partial charge in [0.05, 0.1) is 12.2 Å². The molecule has 0 aromatic carbocycles. The quantitative estimate of drug-likeness (QED) is 0.834. The van der Waals surface area contributed by atoms with Crippen LogP contribution in [0.1, 0.15) is 62.9 Å². The lowest BCUT2D eigenvalue weighted by atomic mass is 9.88. The highest BCUT2D eigenvalue weighted by Gasteiger charge is 2.29. The predicted octanol–water partition coefficient (Wildman–Crippen LogP) is 3.91. The molecule has 7 heteroatoms. The van der Waals surface area contributed by atoms with Crippen molar-refractivity contribution in [2.24, 2.45) is 5.92 Å². The number of esters is 1. The highest BCUT2D eigenvalue weighted by Crippen LogP contribution is 2.34. The number of nitrogens with zero attached hydrogens (tertiary/aromatic N) is 1. The Kier molecular flexibility index (Phi) is 4.94. The minimum absolute atomic E-state index is 0.287. The van der Waals surface area contributed by atoms with Crippen LogP contribution in [-0.4, -0.2) is 23.6 Å². The number of thiophene rings is 1. The number of rotatable bonds is 4. The zero-order chi connectivity index (χ0) is 18.1. The summed E-state index contributed by atoms with van der Waals surface area (Å²) in [6.45, 7) is 7.97. The Morgan fingerprint density at radius 1 is 1.40 bits per heavy atom. The van der Waals surface area contributed by atoms with Crippen molar-refractivity contribution in [2.75, 3.05) is 11.9 Å². The predicted molar refractivity (Wildman–Crippen MR) is 95.4 cm³/mol. The number of aromatic nitrogens is 1. The van der Waals surface area contributed by atoms with Crippen LogP contribution in [0, 0.1) is 19.8 Å². The molecule has 3 rings (SSSR count). The minimum Gasteiger partial charge on any atom is -0.462 e. The zero-order valence-corrected chi connectivity index (χ0v) is 15.7. The second-order valence-electron chi connectivity index (χ2n) is 6.44. The molecule has 134 valence electrons. The van der Waals surface area contributed by atoms with E-state index in [-0.39, 0.29) is 12.5 Å². The maximum Gasteiger partial charge on any atom is 0.341 e. The molecule has 1 amide bonds. The summed E-state index contributed by atoms with van der Waals surface area (Å²) in [7, 11) is 0. The number of aryl methyl sites for hydroxylation is 2. The van der Waals surface area contributed by atoms with Gasteiger partial charge in [0.2, 0.25) is 0 Å². The first-order valence-electron chi connectivity index (χ1n) is 8.48. The Morgan fingerprint density at radius 2 is 2.16 bits per heavy atom. The summed E-state index contributed by atoms with van der Waals surface area (Å²) in [5, 5.41) is 7.30. The maximum atomic E-state index is 12.7. The lowest BCUT2D eigenvalue weighted by Crippen LogP contribution is -2.19. The van der Waals surface area contributed by atoms with Crippen molar-refractivity contribution in [3.8, 4) is 0 Å². The Bertz CT molecular complexity index is 821. The molecule has 0 radical (unpaired) electrons. The largest absolute Gasteiger partial charge is 0.462 e. The Morgan fingerprint density at radius 3 is 2.88 bits per heavy atom. The number of carbonyl (C=O) groups excluding carboxylic acids is 2. The molecular weight excluding hydrogens is 340 g/mol. The number of nitrogens with one attached hydrogen (secondary N) is 1. The molecule has 1 aliphatic rings. The molecule has 0 fully saturated rings. The molecule has 0 aliphatic heterocycles. The van der Waals surface area contributed by atoms with Crippen molar-refractivity contribution >= 4 is 28.2 Å². The van der Waals surface area contributed by atoms with Gasteiger partial charge in [0, 0.05) is 16.9 Å². The summed E-state index contributed by atoms with van der Waals surface area (Å²) >= 11 is 1.37. The molecule has 0 saturated carbocycles. The van der Waals surface area contributed by atoms with Crippen LogP contribution in [0.15, 0.2) is 4.52 Å². The highest BCUT2D eigenvalue weighted by molar-refractivity contribution is 7.16. The standard InChI is InChI=1S/C18H22N2O4S/c1-5-23-18(22)14-10(3)11(4)25-17(14)19-16(21)15-12-8-9(2)6-7-13(12)24-20-15/h9H,5-8H2,1-4H3,(H,19,21)/t9-/m1/s1. The Labute approximate surface area is 150 Å². The van der Waals surface area contributed by atoms with E-state index in [1.165, 1.54) is 11.3 Å². The lowest BCUT2D eigenvalue weighted by molar-refractivity contribution is 0.0527. The highest BCUT2D eigenvalue weighted by atomic mass is 32.1. The van der Waals surface area contributed by atoms with Crippen LogP contribution in [-0.2, 0) is 17.6 Å². The molecule has 0 spiro atoms. The molecule has 2 heterocycles. The van der Waals surface area contributed by atoms with Crippen molar-refractivity contribution in [1.82, 2.24) is 5.16 Å². The van der Waals surface area contributed by atoms with Crippen molar-refractivity contribution in [2.45, 2.75) is 47.0 Å². The van der Waals surface area contributed by atoms with Crippen molar-refractivity contribution in [3.63, 3.8) is 0 Å². The van der Waals surface area contributed by atoms with Gasteiger partial charge in [0.15, 0.2) is 5.69 Å². The van der Waals surface area contributed by atoms with Crippen molar-refractivity contribution in [3.05, 3.63) is 33.0 Å². The van der Waals surface area contributed by atoms with Gasteiger partial charge in [-0.05, 0) is 45.1 Å². The van der Waals surface area contributed by atoms with E-state index in [4.69, 9.17) is 9.26 Å². The van der Waals surface area contributed by atoms with Crippen LogP contribution >= 0.6 is 11.3 Å². The fourth-order valence-electron chi connectivity index (χ4n) is 3.08. The van der Waals surface area contributed by atoms with Crippen LogP contribution in [0.2, 0.25) is 0 Å². The number of ether oxygens (including phenoxy) is 1. The van der Waals surface area contributed by atoms with Gasteiger partial charge in [-0.3, -0.25) is 4.79 Å². The number of anilines is 1. The van der Waals surface area contributed by atoms with Gasteiger partial charge in [-0.1, -0.05) is 12.1 Å². The normalized spacial score (nSPS) is 16.4. The molecule has 25 heavy (non-hydrogen) atoms. The van der Waals surface area contributed by atoms with Gasteiger partial charge >= 0.3 is 5.97 Å². The molecule has 0 unspecified atom stereocenters. The molecule has 1 N–H and O–H groups in total. The van der Waals surface area contributed by atoms with Crippen molar-refractivity contribution in [1.29, 1.82) is 0 Å². The summed E-state index contributed by atoms with van der Waals surface area (Å²) in [6, 6.07) is 0. The van der Waals surface area contributed by atoms with E-state index in [9.17, 15) is 9.59 Å². The van der Waals surface area contributed by atoms with E-state index >= 15 is 0 Å². The molecule has 0 bridgehead atoms. The first-order valence-corrected chi connectivity index (χ1v) is 9.29. The second kappa shape index (κ2) is 7.00. The van der Waals surface area contributed by atoms with Crippen LogP contribution in [0.4, 0.5) is 5.00 Å². The summed E-state index contributed by atoms with van der Waals surface area (Å²) in [4.78, 5) is 25.9. The van der Waals surface area contributed by atoms with Gasteiger partial charge in [-0.15, -0.1) is 11.3 Å². The smallest absolute Gasteiger partial charge is 0.341 e. The number of amides is 1. The van der Waals surface area contributed by atoms with E-state index in [0.717, 1.165) is 41.0 Å². The Hall–Kier alpha value is -2.15. The van der Waals surface area contributed by atoms with Gasteiger partial charge < -0.3 is 14.6 Å².